The third-order valence-corrected chi connectivity index (χ3v) is 3.53. The zero-order valence-corrected chi connectivity index (χ0v) is 12.0. The SMILES string of the molecule is CCCC(CCC)C(N)Cc1cccc(OC)c1. The summed E-state index contributed by atoms with van der Waals surface area (Å²) < 4.78 is 5.25. The monoisotopic (exact) mass is 249 g/mol. The Labute approximate surface area is 112 Å². The second-order valence-electron chi connectivity index (χ2n) is 5.06. The van der Waals surface area contributed by atoms with Crippen molar-refractivity contribution in [2.75, 3.05) is 7.11 Å². The van der Waals surface area contributed by atoms with Crippen LogP contribution >= 0.6 is 0 Å². The van der Waals surface area contributed by atoms with Crippen LogP contribution in [0.25, 0.3) is 0 Å². The lowest BCUT2D eigenvalue weighted by atomic mass is 9.87. The number of methoxy groups -OCH3 is 1. The van der Waals surface area contributed by atoms with Gasteiger partial charge in [0.2, 0.25) is 0 Å². The van der Waals surface area contributed by atoms with E-state index in [0.29, 0.717) is 5.92 Å². The molecule has 2 heteroatoms. The van der Waals surface area contributed by atoms with Crippen LogP contribution in [-0.4, -0.2) is 13.2 Å². The lowest BCUT2D eigenvalue weighted by Crippen LogP contribution is -2.32. The molecule has 0 saturated carbocycles. The van der Waals surface area contributed by atoms with Crippen LogP contribution in [0.4, 0.5) is 0 Å². The summed E-state index contributed by atoms with van der Waals surface area (Å²) in [7, 11) is 1.70. The third-order valence-electron chi connectivity index (χ3n) is 3.53. The first kappa shape index (κ1) is 15.0. The highest BCUT2D eigenvalue weighted by molar-refractivity contribution is 5.29. The van der Waals surface area contributed by atoms with Gasteiger partial charge >= 0.3 is 0 Å². The summed E-state index contributed by atoms with van der Waals surface area (Å²) in [6, 6.07) is 8.50. The smallest absolute Gasteiger partial charge is 0.119 e. The Morgan fingerprint density at radius 3 is 2.39 bits per heavy atom. The van der Waals surface area contributed by atoms with E-state index >= 15 is 0 Å². The summed E-state index contributed by atoms with van der Waals surface area (Å²) in [6.07, 6.45) is 5.85. The van der Waals surface area contributed by atoms with Crippen LogP contribution in [0, 0.1) is 5.92 Å². The highest BCUT2D eigenvalue weighted by atomic mass is 16.5. The van der Waals surface area contributed by atoms with Gasteiger partial charge in [0.05, 0.1) is 7.11 Å². The maximum Gasteiger partial charge on any atom is 0.119 e. The molecule has 0 fully saturated rings. The molecule has 102 valence electrons. The van der Waals surface area contributed by atoms with Crippen molar-refractivity contribution in [3.63, 3.8) is 0 Å². The lowest BCUT2D eigenvalue weighted by molar-refractivity contribution is 0.359. The number of hydrogen-bond acceptors (Lipinski definition) is 2. The fourth-order valence-electron chi connectivity index (χ4n) is 2.55. The molecule has 1 rings (SSSR count). The van der Waals surface area contributed by atoms with Crippen molar-refractivity contribution in [2.24, 2.45) is 11.7 Å². The Balaban J connectivity index is 2.62. The molecule has 2 nitrogen and oxygen atoms in total. The summed E-state index contributed by atoms with van der Waals surface area (Å²) in [6.45, 7) is 4.47. The first-order chi connectivity index (χ1) is 8.71. The van der Waals surface area contributed by atoms with E-state index in [4.69, 9.17) is 10.5 Å². The van der Waals surface area contributed by atoms with Crippen molar-refractivity contribution in [1.82, 2.24) is 0 Å². The van der Waals surface area contributed by atoms with E-state index in [2.05, 4.69) is 26.0 Å². The Hall–Kier alpha value is -1.02. The maximum absolute atomic E-state index is 6.37. The van der Waals surface area contributed by atoms with Crippen molar-refractivity contribution in [3.05, 3.63) is 29.8 Å². The summed E-state index contributed by atoms with van der Waals surface area (Å²) >= 11 is 0. The van der Waals surface area contributed by atoms with E-state index in [9.17, 15) is 0 Å². The minimum absolute atomic E-state index is 0.261. The molecular weight excluding hydrogens is 222 g/mol. The van der Waals surface area contributed by atoms with Crippen LogP contribution in [0.2, 0.25) is 0 Å². The van der Waals surface area contributed by atoms with Crippen LogP contribution in [0.3, 0.4) is 0 Å². The molecule has 0 bridgehead atoms. The van der Waals surface area contributed by atoms with Crippen LogP contribution in [0.15, 0.2) is 24.3 Å². The first-order valence-electron chi connectivity index (χ1n) is 7.09. The van der Waals surface area contributed by atoms with Gasteiger partial charge in [0, 0.05) is 6.04 Å². The van der Waals surface area contributed by atoms with Gasteiger partial charge in [0.1, 0.15) is 5.75 Å². The number of rotatable bonds is 8. The van der Waals surface area contributed by atoms with Gasteiger partial charge in [0.15, 0.2) is 0 Å². The van der Waals surface area contributed by atoms with Crippen LogP contribution < -0.4 is 10.5 Å². The normalized spacial score (nSPS) is 12.7. The first-order valence-corrected chi connectivity index (χ1v) is 7.09. The molecule has 0 saturated heterocycles. The maximum atomic E-state index is 6.37. The second-order valence-corrected chi connectivity index (χ2v) is 5.06. The number of hydrogen-bond donors (Lipinski definition) is 1. The molecule has 1 aromatic carbocycles. The second kappa shape index (κ2) is 8.15. The molecule has 0 aromatic heterocycles. The standard InChI is InChI=1S/C16H27NO/c1-4-7-14(8-5-2)16(17)12-13-9-6-10-15(11-13)18-3/h6,9-11,14,16H,4-5,7-8,12,17H2,1-3H3. The van der Waals surface area contributed by atoms with E-state index in [1.807, 2.05) is 12.1 Å². The molecular formula is C16H27NO. The molecule has 1 unspecified atom stereocenters. The van der Waals surface area contributed by atoms with Gasteiger partial charge in [-0.2, -0.15) is 0 Å². The molecule has 0 aliphatic heterocycles. The molecule has 0 aliphatic carbocycles. The van der Waals surface area contributed by atoms with E-state index in [1.165, 1.54) is 31.2 Å². The van der Waals surface area contributed by atoms with Crippen molar-refractivity contribution in [2.45, 2.75) is 52.0 Å². The average Bonchev–Trinajstić information content (AvgIpc) is 2.38. The lowest BCUT2D eigenvalue weighted by Gasteiger charge is -2.23. The molecule has 0 amide bonds. The van der Waals surface area contributed by atoms with Gasteiger partial charge in [-0.1, -0.05) is 38.8 Å². The van der Waals surface area contributed by atoms with Crippen LogP contribution in [-0.2, 0) is 6.42 Å². The molecule has 0 radical (unpaired) electrons. The average molecular weight is 249 g/mol. The summed E-state index contributed by atoms with van der Waals surface area (Å²) in [4.78, 5) is 0. The summed E-state index contributed by atoms with van der Waals surface area (Å²) in [5.41, 5.74) is 7.65. The summed E-state index contributed by atoms with van der Waals surface area (Å²) in [5, 5.41) is 0. The Morgan fingerprint density at radius 2 is 1.83 bits per heavy atom. The minimum Gasteiger partial charge on any atom is -0.497 e. The topological polar surface area (TPSA) is 35.2 Å². The van der Waals surface area contributed by atoms with Gasteiger partial charge in [-0.05, 0) is 42.9 Å². The third kappa shape index (κ3) is 4.69. The van der Waals surface area contributed by atoms with E-state index < -0.39 is 0 Å². The van der Waals surface area contributed by atoms with E-state index in [0.717, 1.165) is 12.2 Å². The molecule has 0 heterocycles. The quantitative estimate of drug-likeness (QED) is 0.761. The Kier molecular flexibility index (Phi) is 6.81. The number of ether oxygens (including phenoxy) is 1. The van der Waals surface area contributed by atoms with E-state index in [-0.39, 0.29) is 6.04 Å². The Morgan fingerprint density at radius 1 is 1.17 bits per heavy atom. The predicted octanol–water partition coefficient (Wildman–Crippen LogP) is 3.78. The molecule has 1 atom stereocenters. The van der Waals surface area contributed by atoms with Crippen molar-refractivity contribution in [1.29, 1.82) is 0 Å². The zero-order valence-electron chi connectivity index (χ0n) is 12.0. The molecule has 18 heavy (non-hydrogen) atoms. The summed E-state index contributed by atoms with van der Waals surface area (Å²) in [5.74, 6) is 1.56. The van der Waals surface area contributed by atoms with E-state index in [1.54, 1.807) is 7.11 Å². The highest BCUT2D eigenvalue weighted by Gasteiger charge is 2.16. The Bertz CT molecular complexity index is 332. The van der Waals surface area contributed by atoms with Gasteiger partial charge in [-0.15, -0.1) is 0 Å². The van der Waals surface area contributed by atoms with Gasteiger partial charge in [0.25, 0.3) is 0 Å². The zero-order chi connectivity index (χ0) is 13.4. The highest BCUT2D eigenvalue weighted by Crippen LogP contribution is 2.21. The molecule has 1 aromatic rings. The van der Waals surface area contributed by atoms with Gasteiger partial charge < -0.3 is 10.5 Å². The minimum atomic E-state index is 0.261. The fraction of sp³-hybridized carbons (Fsp3) is 0.625. The van der Waals surface area contributed by atoms with Crippen LogP contribution in [0.5, 0.6) is 5.75 Å². The van der Waals surface area contributed by atoms with Gasteiger partial charge in [-0.3, -0.25) is 0 Å². The van der Waals surface area contributed by atoms with Crippen molar-refractivity contribution >= 4 is 0 Å². The molecule has 0 aliphatic rings. The molecule has 2 N–H and O–H groups in total. The number of benzene rings is 1. The number of nitrogens with two attached hydrogens (primary N) is 1. The predicted molar refractivity (Wildman–Crippen MR) is 78.0 cm³/mol. The van der Waals surface area contributed by atoms with Crippen molar-refractivity contribution < 1.29 is 4.74 Å². The fourth-order valence-corrected chi connectivity index (χ4v) is 2.55. The largest absolute Gasteiger partial charge is 0.497 e. The van der Waals surface area contributed by atoms with Crippen LogP contribution in [0.1, 0.15) is 45.1 Å². The van der Waals surface area contributed by atoms with Crippen molar-refractivity contribution in [3.8, 4) is 5.75 Å². The molecule has 0 spiro atoms. The van der Waals surface area contributed by atoms with Gasteiger partial charge in [-0.25, -0.2) is 0 Å².